The lowest BCUT2D eigenvalue weighted by Crippen LogP contribution is -2.41. The molecule has 0 unspecified atom stereocenters. The summed E-state index contributed by atoms with van der Waals surface area (Å²) in [6.07, 6.45) is 13.0. The van der Waals surface area contributed by atoms with Crippen molar-refractivity contribution in [3.8, 4) is 0 Å². The lowest BCUT2D eigenvalue weighted by molar-refractivity contribution is -0.136. The zero-order valence-corrected chi connectivity index (χ0v) is 35.7. The molecule has 1 N–H and O–H groups in total. The van der Waals surface area contributed by atoms with Gasteiger partial charge in [-0.25, -0.2) is 18.7 Å². The normalized spacial score (nSPS) is 17.9. The van der Waals surface area contributed by atoms with Crippen LogP contribution in [0.3, 0.4) is 0 Å². The predicted molar refractivity (Wildman–Crippen MR) is 239 cm³/mol. The zero-order chi connectivity index (χ0) is 42.1. The highest BCUT2D eigenvalue weighted by Gasteiger charge is 2.32. The Hall–Kier alpha value is -4.93. The summed E-state index contributed by atoms with van der Waals surface area (Å²) in [7, 11) is 0. The van der Waals surface area contributed by atoms with Crippen LogP contribution in [0.25, 0.3) is 22.1 Å². The summed E-state index contributed by atoms with van der Waals surface area (Å²) in [4.78, 5) is 35.1. The van der Waals surface area contributed by atoms with Crippen molar-refractivity contribution < 1.29 is 18.4 Å². The van der Waals surface area contributed by atoms with Crippen molar-refractivity contribution in [2.75, 3.05) is 26.2 Å². The maximum Gasteiger partial charge on any atom is 0.225 e. The molecule has 1 amide bonds. The molecule has 10 rings (SSSR count). The minimum absolute atomic E-state index is 0.137. The van der Waals surface area contributed by atoms with Crippen LogP contribution in [-0.4, -0.2) is 61.3 Å². The SMILES string of the molecule is Fc1cccc(Cn2c(C3CCNCC3)nc3ccccc32)c1.O=C(C1CCCC1)N1CCC(c2nc3ccccc3n2Cc2cccc(F)c2)CC1.O=C(Cl)C1CCCC1. The van der Waals surface area contributed by atoms with Crippen LogP contribution in [-0.2, 0) is 22.7 Å². The highest BCUT2D eigenvalue weighted by atomic mass is 35.5. The van der Waals surface area contributed by atoms with Gasteiger partial charge in [0.25, 0.3) is 0 Å². The van der Waals surface area contributed by atoms with E-state index < -0.39 is 0 Å². The van der Waals surface area contributed by atoms with Crippen LogP contribution in [0, 0.1) is 23.5 Å². The molecular formula is C50H57ClF2N6O2. The Kier molecular flexibility index (Phi) is 14.2. The molecule has 4 aliphatic rings. The van der Waals surface area contributed by atoms with Gasteiger partial charge < -0.3 is 19.4 Å². The highest BCUT2D eigenvalue weighted by molar-refractivity contribution is 6.64. The average Bonchev–Trinajstić information content (AvgIpc) is 4.13. The average molecular weight is 847 g/mol. The Morgan fingerprint density at radius 2 is 1.05 bits per heavy atom. The molecule has 4 aromatic carbocycles. The molecule has 320 valence electrons. The molecular weight excluding hydrogens is 790 g/mol. The van der Waals surface area contributed by atoms with E-state index in [0.717, 1.165) is 122 Å². The second-order valence-electron chi connectivity index (χ2n) is 17.2. The summed E-state index contributed by atoms with van der Waals surface area (Å²) in [5.41, 5.74) is 6.13. The summed E-state index contributed by atoms with van der Waals surface area (Å²) in [6, 6.07) is 30.0. The van der Waals surface area contributed by atoms with Gasteiger partial charge in [0, 0.05) is 49.9 Å². The van der Waals surface area contributed by atoms with Crippen molar-refractivity contribution in [3.63, 3.8) is 0 Å². The van der Waals surface area contributed by atoms with Crippen LogP contribution in [0.2, 0.25) is 0 Å². The zero-order valence-electron chi connectivity index (χ0n) is 35.0. The first-order chi connectivity index (χ1) is 29.8. The van der Waals surface area contributed by atoms with Gasteiger partial charge in [0.1, 0.15) is 23.3 Å². The fraction of sp³-hybridized carbons (Fsp3) is 0.440. The molecule has 2 aliphatic heterocycles. The van der Waals surface area contributed by atoms with Crippen LogP contribution >= 0.6 is 11.6 Å². The molecule has 2 aliphatic carbocycles. The molecule has 6 aromatic rings. The number of aromatic nitrogens is 4. The Balaban J connectivity index is 0.000000146. The molecule has 0 bridgehead atoms. The van der Waals surface area contributed by atoms with E-state index in [2.05, 4.69) is 37.5 Å². The van der Waals surface area contributed by atoms with Crippen LogP contribution in [0.15, 0.2) is 97.1 Å². The van der Waals surface area contributed by atoms with Gasteiger partial charge in [0.15, 0.2) is 0 Å². The van der Waals surface area contributed by atoms with Crippen LogP contribution < -0.4 is 5.32 Å². The Morgan fingerprint density at radius 3 is 1.51 bits per heavy atom. The van der Waals surface area contributed by atoms with Crippen molar-refractivity contribution in [2.24, 2.45) is 11.8 Å². The van der Waals surface area contributed by atoms with E-state index in [1.165, 1.54) is 37.8 Å². The van der Waals surface area contributed by atoms with E-state index in [4.69, 9.17) is 21.6 Å². The van der Waals surface area contributed by atoms with Gasteiger partial charge >= 0.3 is 0 Å². The van der Waals surface area contributed by atoms with Gasteiger partial charge in [-0.15, -0.1) is 0 Å². The molecule has 0 radical (unpaired) electrons. The number of para-hydroxylation sites is 4. The fourth-order valence-electron chi connectivity index (χ4n) is 9.80. The Morgan fingerprint density at radius 1 is 0.590 bits per heavy atom. The number of hydrogen-bond acceptors (Lipinski definition) is 5. The van der Waals surface area contributed by atoms with Crippen molar-refractivity contribution in [3.05, 3.63) is 131 Å². The molecule has 2 aromatic heterocycles. The molecule has 61 heavy (non-hydrogen) atoms. The largest absolute Gasteiger partial charge is 0.342 e. The summed E-state index contributed by atoms with van der Waals surface area (Å²) in [5, 5.41) is 3.27. The molecule has 0 atom stereocenters. The topological polar surface area (TPSA) is 85.1 Å². The highest BCUT2D eigenvalue weighted by Crippen LogP contribution is 2.34. The first-order valence-electron chi connectivity index (χ1n) is 22.4. The van der Waals surface area contributed by atoms with Gasteiger partial charge in [-0.05, 0) is 136 Å². The number of nitrogens with one attached hydrogen (secondary N) is 1. The third kappa shape index (κ3) is 10.6. The maximum atomic E-state index is 13.7. The first kappa shape index (κ1) is 42.7. The smallest absolute Gasteiger partial charge is 0.225 e. The third-order valence-electron chi connectivity index (χ3n) is 13.1. The van der Waals surface area contributed by atoms with E-state index in [-0.39, 0.29) is 28.7 Å². The number of carbonyl (C=O) groups is 2. The molecule has 11 heteroatoms. The lowest BCUT2D eigenvalue weighted by Gasteiger charge is -2.33. The summed E-state index contributed by atoms with van der Waals surface area (Å²) in [5.74, 6) is 3.39. The van der Waals surface area contributed by atoms with E-state index in [1.807, 2.05) is 42.5 Å². The van der Waals surface area contributed by atoms with Crippen LogP contribution in [0.1, 0.15) is 112 Å². The van der Waals surface area contributed by atoms with Gasteiger partial charge in [0.05, 0.1) is 22.1 Å². The minimum Gasteiger partial charge on any atom is -0.342 e. The molecule has 2 saturated carbocycles. The number of nitrogens with zero attached hydrogens (tertiary/aromatic N) is 5. The third-order valence-corrected chi connectivity index (χ3v) is 13.4. The van der Waals surface area contributed by atoms with E-state index in [0.29, 0.717) is 30.8 Å². The van der Waals surface area contributed by atoms with Crippen LogP contribution in [0.4, 0.5) is 8.78 Å². The molecule has 4 heterocycles. The van der Waals surface area contributed by atoms with Crippen LogP contribution in [0.5, 0.6) is 0 Å². The number of amides is 1. The summed E-state index contributed by atoms with van der Waals surface area (Å²) >= 11 is 5.25. The number of benzene rings is 4. The summed E-state index contributed by atoms with van der Waals surface area (Å²) < 4.78 is 31.8. The number of halogens is 3. The molecule has 4 fully saturated rings. The number of fused-ring (bicyclic) bond motifs is 2. The van der Waals surface area contributed by atoms with Gasteiger partial charge in [-0.2, -0.15) is 0 Å². The number of rotatable bonds is 8. The standard InChI is InChI=1S/C25H28FN3O.C19H20FN3.C6H9ClO/c26-21-9-5-6-18(16-21)17-29-23-11-4-3-10-22(23)27-24(29)19-12-14-28(15-13-19)25(30)20-7-1-2-8-20;20-16-5-3-4-14(12-16)13-23-18-7-2-1-6-17(18)22-19(23)15-8-10-21-11-9-15;7-6(8)5-3-1-2-4-5/h3-6,9-11,16,19-20H,1-2,7-8,12-15,17H2;1-7,12,15,21H,8-11,13H2;5H,1-4H2. The van der Waals surface area contributed by atoms with Crippen molar-refractivity contribution in [2.45, 2.75) is 102 Å². The van der Waals surface area contributed by atoms with E-state index in [1.54, 1.807) is 24.3 Å². The number of piperidine rings is 2. The quantitative estimate of drug-likeness (QED) is 0.154. The van der Waals surface area contributed by atoms with Gasteiger partial charge in [-0.1, -0.05) is 74.2 Å². The molecule has 0 spiro atoms. The fourth-order valence-corrected chi connectivity index (χ4v) is 10.0. The minimum atomic E-state index is -0.211. The number of hydrogen-bond donors (Lipinski definition) is 1. The molecule has 2 saturated heterocycles. The van der Waals surface area contributed by atoms with Crippen molar-refractivity contribution >= 4 is 44.8 Å². The van der Waals surface area contributed by atoms with Crippen molar-refractivity contribution in [1.29, 1.82) is 0 Å². The molecule has 8 nitrogen and oxygen atoms in total. The second kappa shape index (κ2) is 20.3. The number of imidazole rings is 2. The Labute approximate surface area is 362 Å². The second-order valence-corrected chi connectivity index (χ2v) is 17.6. The van der Waals surface area contributed by atoms with Crippen molar-refractivity contribution in [1.82, 2.24) is 29.3 Å². The van der Waals surface area contributed by atoms with Gasteiger partial charge in [-0.3, -0.25) is 9.59 Å². The lowest BCUT2D eigenvalue weighted by atomic mass is 9.94. The predicted octanol–water partition coefficient (Wildman–Crippen LogP) is 10.8. The van der Waals surface area contributed by atoms with Gasteiger partial charge in [0.2, 0.25) is 11.1 Å². The van der Waals surface area contributed by atoms with E-state index in [9.17, 15) is 18.4 Å². The summed E-state index contributed by atoms with van der Waals surface area (Å²) in [6.45, 7) is 4.96. The number of carbonyl (C=O) groups excluding carboxylic acids is 2. The first-order valence-corrected chi connectivity index (χ1v) is 22.8. The Bertz CT molecular complexity index is 2400. The monoisotopic (exact) mass is 846 g/mol. The maximum absolute atomic E-state index is 13.7. The number of likely N-dealkylation sites (tertiary alicyclic amines) is 1. The van der Waals surface area contributed by atoms with E-state index >= 15 is 0 Å².